The standard InChI is InChI=1S/C18H20N4O4S/c23-16(22-14(18(25)26)10-12-4-2-1-3-5-12)13(6-9-27)21-17(24)15-11-19-7-8-20-15/h1-5,7-8,11,13-14,27H,6,9-10H2,(H,21,24)(H,22,23)(H,25,26)/t13?,14-/m1/s1. The summed E-state index contributed by atoms with van der Waals surface area (Å²) in [6.07, 6.45) is 4.44. The number of thiol groups is 1. The van der Waals surface area contributed by atoms with E-state index in [-0.39, 0.29) is 18.5 Å². The lowest BCUT2D eigenvalue weighted by molar-refractivity contribution is -0.142. The van der Waals surface area contributed by atoms with Gasteiger partial charge in [0.25, 0.3) is 5.91 Å². The number of nitrogens with zero attached hydrogens (tertiary/aromatic N) is 2. The van der Waals surface area contributed by atoms with Crippen molar-refractivity contribution >= 4 is 30.4 Å². The highest BCUT2D eigenvalue weighted by Gasteiger charge is 2.26. The third-order valence-electron chi connectivity index (χ3n) is 3.73. The highest BCUT2D eigenvalue weighted by Crippen LogP contribution is 2.05. The lowest BCUT2D eigenvalue weighted by Gasteiger charge is -2.21. The van der Waals surface area contributed by atoms with Crippen LogP contribution in [-0.2, 0) is 16.0 Å². The average molecular weight is 388 g/mol. The molecule has 2 atom stereocenters. The Morgan fingerprint density at radius 2 is 1.81 bits per heavy atom. The Bertz CT molecular complexity index is 773. The molecule has 2 amide bonds. The lowest BCUT2D eigenvalue weighted by Crippen LogP contribution is -2.52. The quantitative estimate of drug-likeness (QED) is 0.470. The zero-order chi connectivity index (χ0) is 19.6. The summed E-state index contributed by atoms with van der Waals surface area (Å²) < 4.78 is 0. The molecule has 1 aromatic heterocycles. The lowest BCUT2D eigenvalue weighted by atomic mass is 10.1. The zero-order valence-corrected chi connectivity index (χ0v) is 15.3. The summed E-state index contributed by atoms with van der Waals surface area (Å²) in [6.45, 7) is 0. The first-order valence-electron chi connectivity index (χ1n) is 8.26. The van der Waals surface area contributed by atoms with E-state index in [1.54, 1.807) is 24.3 Å². The fourth-order valence-corrected chi connectivity index (χ4v) is 2.63. The first kappa shape index (κ1) is 20.4. The number of nitrogens with one attached hydrogen (secondary N) is 2. The smallest absolute Gasteiger partial charge is 0.326 e. The van der Waals surface area contributed by atoms with Crippen LogP contribution in [0.2, 0.25) is 0 Å². The monoisotopic (exact) mass is 388 g/mol. The summed E-state index contributed by atoms with van der Waals surface area (Å²) in [4.78, 5) is 44.0. The van der Waals surface area contributed by atoms with Crippen LogP contribution in [0.15, 0.2) is 48.9 Å². The Kier molecular flexibility index (Phi) is 7.75. The molecule has 8 nitrogen and oxygen atoms in total. The van der Waals surface area contributed by atoms with Crippen molar-refractivity contribution in [3.05, 3.63) is 60.2 Å². The molecule has 0 bridgehead atoms. The summed E-state index contributed by atoms with van der Waals surface area (Å²) in [6, 6.07) is 6.92. The molecule has 2 aromatic rings. The molecule has 0 aliphatic carbocycles. The van der Waals surface area contributed by atoms with Crippen LogP contribution in [0.3, 0.4) is 0 Å². The summed E-state index contributed by atoms with van der Waals surface area (Å²) in [5, 5.41) is 14.4. The van der Waals surface area contributed by atoms with Gasteiger partial charge in [-0.1, -0.05) is 30.3 Å². The predicted molar refractivity (Wildman–Crippen MR) is 101 cm³/mol. The third-order valence-corrected chi connectivity index (χ3v) is 3.99. The fraction of sp³-hybridized carbons (Fsp3) is 0.278. The molecule has 0 spiro atoms. The van der Waals surface area contributed by atoms with Crippen molar-refractivity contribution in [3.8, 4) is 0 Å². The average Bonchev–Trinajstić information content (AvgIpc) is 2.68. The molecule has 0 aliphatic rings. The maximum Gasteiger partial charge on any atom is 0.326 e. The highest BCUT2D eigenvalue weighted by molar-refractivity contribution is 7.80. The van der Waals surface area contributed by atoms with Gasteiger partial charge in [-0.15, -0.1) is 0 Å². The van der Waals surface area contributed by atoms with Crippen LogP contribution in [0.4, 0.5) is 0 Å². The molecule has 2 rings (SSSR count). The normalized spacial score (nSPS) is 12.6. The number of carboxylic acid groups (broad SMARTS) is 1. The van der Waals surface area contributed by atoms with Crippen molar-refractivity contribution in [1.82, 2.24) is 20.6 Å². The summed E-state index contributed by atoms with van der Waals surface area (Å²) in [5.41, 5.74) is 0.841. The third kappa shape index (κ3) is 6.37. The van der Waals surface area contributed by atoms with E-state index >= 15 is 0 Å². The largest absolute Gasteiger partial charge is 0.480 e. The van der Waals surface area contributed by atoms with Crippen molar-refractivity contribution in [2.45, 2.75) is 24.9 Å². The molecule has 0 aliphatic heterocycles. The zero-order valence-electron chi connectivity index (χ0n) is 14.4. The van der Waals surface area contributed by atoms with Crippen LogP contribution in [0.25, 0.3) is 0 Å². The molecule has 3 N–H and O–H groups in total. The van der Waals surface area contributed by atoms with Crippen molar-refractivity contribution in [1.29, 1.82) is 0 Å². The predicted octanol–water partition coefficient (Wildman–Crippen LogP) is 0.707. The number of benzene rings is 1. The molecular formula is C18H20N4O4S. The first-order chi connectivity index (χ1) is 13.0. The molecule has 27 heavy (non-hydrogen) atoms. The maximum absolute atomic E-state index is 12.5. The van der Waals surface area contributed by atoms with Crippen molar-refractivity contribution in [2.24, 2.45) is 0 Å². The van der Waals surface area contributed by atoms with Gasteiger partial charge in [0.2, 0.25) is 5.91 Å². The molecule has 1 heterocycles. The minimum atomic E-state index is -1.16. The van der Waals surface area contributed by atoms with Gasteiger partial charge in [0.1, 0.15) is 17.8 Å². The molecule has 142 valence electrons. The van der Waals surface area contributed by atoms with Crippen LogP contribution >= 0.6 is 12.6 Å². The van der Waals surface area contributed by atoms with E-state index < -0.39 is 29.9 Å². The summed E-state index contributed by atoms with van der Waals surface area (Å²) in [7, 11) is 0. The number of aromatic nitrogens is 2. The molecule has 0 saturated heterocycles. The van der Waals surface area contributed by atoms with Gasteiger partial charge in [0, 0.05) is 18.8 Å². The number of hydrogen-bond acceptors (Lipinski definition) is 6. The molecular weight excluding hydrogens is 368 g/mol. The van der Waals surface area contributed by atoms with Gasteiger partial charge in [-0.25, -0.2) is 9.78 Å². The summed E-state index contributed by atoms with van der Waals surface area (Å²) >= 11 is 4.10. The van der Waals surface area contributed by atoms with E-state index in [0.29, 0.717) is 5.75 Å². The number of carbonyl (C=O) groups excluding carboxylic acids is 2. The number of carbonyl (C=O) groups is 3. The molecule has 9 heteroatoms. The van der Waals surface area contributed by atoms with Gasteiger partial charge < -0.3 is 15.7 Å². The summed E-state index contributed by atoms with van der Waals surface area (Å²) in [5.74, 6) is -1.99. The SMILES string of the molecule is O=C(NC(CCS)C(=O)N[C@H](Cc1ccccc1)C(=O)O)c1cnccn1. The van der Waals surface area contributed by atoms with Gasteiger partial charge in [0.05, 0.1) is 6.20 Å². The maximum atomic E-state index is 12.5. The van der Waals surface area contributed by atoms with Crippen molar-refractivity contribution in [3.63, 3.8) is 0 Å². The van der Waals surface area contributed by atoms with Crippen LogP contribution in [0.5, 0.6) is 0 Å². The van der Waals surface area contributed by atoms with Gasteiger partial charge >= 0.3 is 5.97 Å². The molecule has 0 saturated carbocycles. The van der Waals surface area contributed by atoms with E-state index in [1.165, 1.54) is 18.6 Å². The molecule has 1 unspecified atom stereocenters. The number of aliphatic carboxylic acids is 1. The van der Waals surface area contributed by atoms with E-state index in [9.17, 15) is 19.5 Å². The number of rotatable bonds is 9. The minimum absolute atomic E-state index is 0.0635. The molecule has 0 fully saturated rings. The Labute approximate surface area is 161 Å². The van der Waals surface area contributed by atoms with Crippen molar-refractivity contribution in [2.75, 3.05) is 5.75 Å². The number of hydrogen-bond donors (Lipinski definition) is 4. The Morgan fingerprint density at radius 3 is 2.41 bits per heavy atom. The highest BCUT2D eigenvalue weighted by atomic mass is 32.1. The van der Waals surface area contributed by atoms with Crippen LogP contribution in [0, 0.1) is 0 Å². The van der Waals surface area contributed by atoms with E-state index in [4.69, 9.17) is 0 Å². The Morgan fingerprint density at radius 1 is 1.07 bits per heavy atom. The van der Waals surface area contributed by atoms with Crippen LogP contribution < -0.4 is 10.6 Å². The van der Waals surface area contributed by atoms with E-state index in [1.807, 2.05) is 6.07 Å². The number of carboxylic acids is 1. The topological polar surface area (TPSA) is 121 Å². The molecule has 1 aromatic carbocycles. The van der Waals surface area contributed by atoms with E-state index in [2.05, 4.69) is 33.2 Å². The van der Waals surface area contributed by atoms with Gasteiger partial charge in [-0.3, -0.25) is 14.6 Å². The van der Waals surface area contributed by atoms with Gasteiger partial charge in [-0.2, -0.15) is 12.6 Å². The first-order valence-corrected chi connectivity index (χ1v) is 8.89. The van der Waals surface area contributed by atoms with E-state index in [0.717, 1.165) is 5.56 Å². The van der Waals surface area contributed by atoms with Crippen molar-refractivity contribution < 1.29 is 19.5 Å². The van der Waals surface area contributed by atoms with Crippen LogP contribution in [0.1, 0.15) is 22.5 Å². The Hall–Kier alpha value is -2.94. The number of amides is 2. The van der Waals surface area contributed by atoms with Gasteiger partial charge in [0.15, 0.2) is 0 Å². The van der Waals surface area contributed by atoms with Gasteiger partial charge in [-0.05, 0) is 17.7 Å². The second-order valence-corrected chi connectivity index (χ2v) is 6.17. The fourth-order valence-electron chi connectivity index (χ4n) is 2.37. The minimum Gasteiger partial charge on any atom is -0.480 e. The molecule has 0 radical (unpaired) electrons. The van der Waals surface area contributed by atoms with Crippen LogP contribution in [-0.4, -0.2) is 50.7 Å². The second-order valence-electron chi connectivity index (χ2n) is 5.72. The second kappa shape index (κ2) is 10.3. The Balaban J connectivity index is 2.05.